The van der Waals surface area contributed by atoms with Gasteiger partial charge in [-0.1, -0.05) is 6.07 Å². The molecule has 2 aromatic rings. The van der Waals surface area contributed by atoms with E-state index in [0.717, 1.165) is 0 Å². The Bertz CT molecular complexity index is 675. The summed E-state index contributed by atoms with van der Waals surface area (Å²) in [5, 5.41) is 10.6. The molecular weight excluding hydrogens is 256 g/mol. The molecule has 0 amide bonds. The second-order valence-electron chi connectivity index (χ2n) is 2.81. The fraction of sp³-hybridized carbons (Fsp3) is 0. The molecule has 16 heavy (non-hydrogen) atoms. The molecule has 0 aliphatic rings. The van der Waals surface area contributed by atoms with Crippen molar-refractivity contribution >= 4 is 37.4 Å². The molecule has 9 heteroatoms. The highest BCUT2D eigenvalue weighted by Crippen LogP contribution is 2.31. The molecule has 0 saturated heterocycles. The van der Waals surface area contributed by atoms with Crippen molar-refractivity contribution in [1.82, 2.24) is 4.98 Å². The van der Waals surface area contributed by atoms with E-state index in [4.69, 9.17) is 0 Å². The molecule has 0 N–H and O–H groups in total. The third-order valence-electron chi connectivity index (χ3n) is 1.79. The summed E-state index contributed by atoms with van der Waals surface area (Å²) in [6.45, 7) is 0. The van der Waals surface area contributed by atoms with Crippen molar-refractivity contribution < 1.29 is 17.9 Å². The Morgan fingerprint density at radius 1 is 1.38 bits per heavy atom. The molecule has 0 spiro atoms. The number of nitro groups is 1. The number of nitrogens with zero attached hydrogens (tertiary/aromatic N) is 2. The van der Waals surface area contributed by atoms with E-state index in [0.29, 0.717) is 16.0 Å². The molecule has 1 heterocycles. The van der Waals surface area contributed by atoms with Crippen molar-refractivity contribution in [2.45, 2.75) is 4.34 Å². The summed E-state index contributed by atoms with van der Waals surface area (Å²) in [4.78, 5) is 13.4. The fourth-order valence-corrected chi connectivity index (χ4v) is 2.77. The lowest BCUT2D eigenvalue weighted by molar-refractivity contribution is -0.383. The molecule has 0 radical (unpaired) electrons. The van der Waals surface area contributed by atoms with E-state index in [2.05, 4.69) is 4.98 Å². The van der Waals surface area contributed by atoms with Crippen molar-refractivity contribution in [3.63, 3.8) is 0 Å². The van der Waals surface area contributed by atoms with Crippen LogP contribution in [0.15, 0.2) is 22.5 Å². The van der Waals surface area contributed by atoms with Gasteiger partial charge in [-0.2, -0.15) is 0 Å². The van der Waals surface area contributed by atoms with E-state index >= 15 is 0 Å². The zero-order valence-electron chi connectivity index (χ0n) is 7.48. The van der Waals surface area contributed by atoms with Crippen molar-refractivity contribution in [3.8, 4) is 0 Å². The van der Waals surface area contributed by atoms with Gasteiger partial charge in [0.25, 0.3) is 5.69 Å². The van der Waals surface area contributed by atoms with Crippen LogP contribution in [0.1, 0.15) is 0 Å². The van der Waals surface area contributed by atoms with Crippen molar-refractivity contribution in [1.29, 1.82) is 0 Å². The Morgan fingerprint density at radius 3 is 2.62 bits per heavy atom. The number of fused-ring (bicyclic) bond motifs is 1. The van der Waals surface area contributed by atoms with Crippen LogP contribution < -0.4 is 0 Å². The fourth-order valence-electron chi connectivity index (χ4n) is 1.17. The SMILES string of the molecule is O=[N+]([O-])c1cccc2sc(S(=O)(=O)[O-])nc12. The summed E-state index contributed by atoms with van der Waals surface area (Å²) in [6.07, 6.45) is 0. The van der Waals surface area contributed by atoms with Gasteiger partial charge in [0, 0.05) is 6.07 Å². The Labute approximate surface area is 93.3 Å². The van der Waals surface area contributed by atoms with Gasteiger partial charge in [0.2, 0.25) is 0 Å². The third kappa shape index (κ3) is 1.75. The number of para-hydroxylation sites is 1. The van der Waals surface area contributed by atoms with Gasteiger partial charge in [-0.3, -0.25) is 10.1 Å². The maximum Gasteiger partial charge on any atom is 0.296 e. The van der Waals surface area contributed by atoms with Gasteiger partial charge in [0.1, 0.15) is 0 Å². The van der Waals surface area contributed by atoms with Crippen LogP contribution >= 0.6 is 11.3 Å². The Balaban J connectivity index is 2.81. The number of nitro benzene ring substituents is 1. The minimum Gasteiger partial charge on any atom is -0.742 e. The molecule has 1 aromatic carbocycles. The molecule has 0 fully saturated rings. The standard InChI is InChI=1S/C7H4N2O5S2/c10-9(11)4-2-1-3-5-6(4)8-7(15-5)16(12,13)14/h1-3H,(H,12,13,14)/p-1. The van der Waals surface area contributed by atoms with Crippen molar-refractivity contribution in [2.75, 3.05) is 0 Å². The molecule has 0 saturated carbocycles. The molecule has 0 atom stereocenters. The molecule has 2 rings (SSSR count). The molecule has 0 bridgehead atoms. The van der Waals surface area contributed by atoms with Crippen LogP contribution in [0.4, 0.5) is 5.69 Å². The highest BCUT2D eigenvalue weighted by Gasteiger charge is 2.17. The van der Waals surface area contributed by atoms with Gasteiger partial charge in [-0.15, -0.1) is 11.3 Å². The van der Waals surface area contributed by atoms with E-state index < -0.39 is 19.4 Å². The summed E-state index contributed by atoms with van der Waals surface area (Å²) < 4.78 is 31.8. The minimum atomic E-state index is -4.67. The minimum absolute atomic E-state index is 0.0769. The van der Waals surface area contributed by atoms with Gasteiger partial charge >= 0.3 is 0 Å². The van der Waals surface area contributed by atoms with Gasteiger partial charge < -0.3 is 4.55 Å². The van der Waals surface area contributed by atoms with Crippen molar-refractivity contribution in [3.05, 3.63) is 28.3 Å². The van der Waals surface area contributed by atoms with E-state index in [-0.39, 0.29) is 11.2 Å². The quantitative estimate of drug-likeness (QED) is 0.453. The van der Waals surface area contributed by atoms with Crippen LogP contribution in [-0.2, 0) is 10.1 Å². The molecule has 0 aliphatic heterocycles. The Morgan fingerprint density at radius 2 is 2.06 bits per heavy atom. The van der Waals surface area contributed by atoms with Crippen LogP contribution in [0, 0.1) is 10.1 Å². The lowest BCUT2D eigenvalue weighted by atomic mass is 10.3. The van der Waals surface area contributed by atoms with Crippen LogP contribution in [0.25, 0.3) is 10.2 Å². The number of hydrogen-bond acceptors (Lipinski definition) is 7. The van der Waals surface area contributed by atoms with E-state index in [1.807, 2.05) is 0 Å². The van der Waals surface area contributed by atoms with E-state index in [1.165, 1.54) is 18.2 Å². The van der Waals surface area contributed by atoms with Crippen LogP contribution in [0.5, 0.6) is 0 Å². The maximum atomic E-state index is 10.7. The molecule has 7 nitrogen and oxygen atoms in total. The van der Waals surface area contributed by atoms with Crippen LogP contribution in [-0.4, -0.2) is 22.9 Å². The Hall–Kier alpha value is -1.58. The highest BCUT2D eigenvalue weighted by atomic mass is 32.3. The predicted octanol–water partition coefficient (Wildman–Crippen LogP) is 1.11. The second kappa shape index (κ2) is 3.47. The van der Waals surface area contributed by atoms with Gasteiger partial charge in [-0.05, 0) is 6.07 Å². The molecular formula is C7H3N2O5S2-. The first-order valence-corrected chi connectivity index (χ1v) is 6.12. The topological polar surface area (TPSA) is 113 Å². The first kappa shape index (κ1) is 10.9. The highest BCUT2D eigenvalue weighted by molar-refractivity contribution is 7.88. The molecule has 0 aliphatic carbocycles. The average Bonchev–Trinajstić information content (AvgIpc) is 2.59. The summed E-state index contributed by atoms with van der Waals surface area (Å²) in [6, 6.07) is 4.07. The molecule has 1 aromatic heterocycles. The number of rotatable bonds is 2. The van der Waals surface area contributed by atoms with Crippen LogP contribution in [0.2, 0.25) is 0 Å². The maximum absolute atomic E-state index is 10.7. The lowest BCUT2D eigenvalue weighted by Crippen LogP contribution is -1.97. The Kier molecular flexibility index (Phi) is 2.37. The monoisotopic (exact) mass is 259 g/mol. The number of benzene rings is 1. The first-order valence-electron chi connectivity index (χ1n) is 3.89. The number of hydrogen-bond donors (Lipinski definition) is 0. The summed E-state index contributed by atoms with van der Waals surface area (Å²) >= 11 is 0.620. The van der Waals surface area contributed by atoms with Crippen LogP contribution in [0.3, 0.4) is 0 Å². The average molecular weight is 259 g/mol. The normalized spacial score (nSPS) is 11.8. The molecule has 84 valence electrons. The van der Waals surface area contributed by atoms with Gasteiger partial charge in [0.05, 0.1) is 9.62 Å². The lowest BCUT2D eigenvalue weighted by Gasteiger charge is -1.98. The summed E-state index contributed by atoms with van der Waals surface area (Å²) in [5.74, 6) is 0. The smallest absolute Gasteiger partial charge is 0.296 e. The first-order chi connectivity index (χ1) is 7.39. The summed E-state index contributed by atoms with van der Waals surface area (Å²) in [5.41, 5.74) is -0.393. The zero-order chi connectivity index (χ0) is 11.9. The second-order valence-corrected chi connectivity index (χ2v) is 5.40. The van der Waals surface area contributed by atoms with Gasteiger partial charge in [-0.25, -0.2) is 13.4 Å². The zero-order valence-corrected chi connectivity index (χ0v) is 9.12. The number of aromatic nitrogens is 1. The molecule has 0 unspecified atom stereocenters. The number of non-ortho nitro benzene ring substituents is 1. The number of thiazole rings is 1. The van der Waals surface area contributed by atoms with E-state index in [1.54, 1.807) is 0 Å². The largest absolute Gasteiger partial charge is 0.742 e. The van der Waals surface area contributed by atoms with E-state index in [9.17, 15) is 23.1 Å². The predicted molar refractivity (Wildman–Crippen MR) is 54.2 cm³/mol. The van der Waals surface area contributed by atoms with Gasteiger partial charge in [0.15, 0.2) is 20.0 Å². The summed E-state index contributed by atoms with van der Waals surface area (Å²) in [7, 11) is -4.67. The third-order valence-corrected chi connectivity index (χ3v) is 3.99. The van der Waals surface area contributed by atoms with Crippen molar-refractivity contribution in [2.24, 2.45) is 0 Å².